The molecular formula is C23H24FN3O3. The van der Waals surface area contributed by atoms with Gasteiger partial charge in [0.1, 0.15) is 17.0 Å². The van der Waals surface area contributed by atoms with Crippen molar-refractivity contribution in [2.45, 2.75) is 31.8 Å². The van der Waals surface area contributed by atoms with Crippen molar-refractivity contribution in [1.29, 1.82) is 0 Å². The third-order valence-electron chi connectivity index (χ3n) is 6.38. The minimum Gasteiger partial charge on any atom is -0.496 e. The van der Waals surface area contributed by atoms with Gasteiger partial charge >= 0.3 is 0 Å². The molecule has 0 radical (unpaired) electrons. The largest absolute Gasteiger partial charge is 0.496 e. The van der Waals surface area contributed by atoms with Gasteiger partial charge in [-0.05, 0) is 49.9 Å². The molecule has 1 saturated heterocycles. The Hall–Kier alpha value is -2.93. The third-order valence-corrected chi connectivity index (χ3v) is 6.38. The first kappa shape index (κ1) is 19.1. The van der Waals surface area contributed by atoms with Crippen molar-refractivity contribution >= 4 is 11.6 Å². The fourth-order valence-electron chi connectivity index (χ4n) is 4.86. The summed E-state index contributed by atoms with van der Waals surface area (Å²) in [5, 5.41) is 0. The van der Waals surface area contributed by atoms with E-state index in [0.29, 0.717) is 43.9 Å². The lowest BCUT2D eigenvalue weighted by atomic mass is 9.78. The molecule has 0 bridgehead atoms. The molecule has 2 aromatic heterocycles. The van der Waals surface area contributed by atoms with Crippen molar-refractivity contribution in [1.82, 2.24) is 14.3 Å². The zero-order chi connectivity index (χ0) is 20.9. The van der Waals surface area contributed by atoms with Crippen LogP contribution in [0.2, 0.25) is 0 Å². The van der Waals surface area contributed by atoms with E-state index in [1.54, 1.807) is 37.1 Å². The smallest absolute Gasteiger partial charge is 0.277 e. The summed E-state index contributed by atoms with van der Waals surface area (Å²) in [5.74, 6) is -0.148. The number of fused-ring (bicyclic) bond motifs is 3. The summed E-state index contributed by atoms with van der Waals surface area (Å²) in [6.45, 7) is 3.39. The van der Waals surface area contributed by atoms with Gasteiger partial charge in [-0.25, -0.2) is 4.98 Å². The first-order valence-electron chi connectivity index (χ1n) is 10.3. The van der Waals surface area contributed by atoms with Crippen LogP contribution in [0, 0.1) is 12.9 Å². The predicted molar refractivity (Wildman–Crippen MR) is 109 cm³/mol. The molecule has 1 spiro atoms. The second-order valence-electron chi connectivity index (χ2n) is 7.99. The zero-order valence-electron chi connectivity index (χ0n) is 17.2. The zero-order valence-corrected chi connectivity index (χ0v) is 17.2. The van der Waals surface area contributed by atoms with Gasteiger partial charge in [-0.3, -0.25) is 9.20 Å². The number of rotatable bonds is 2. The Balaban J connectivity index is 1.42. The first-order chi connectivity index (χ1) is 14.5. The molecule has 5 rings (SSSR count). The highest BCUT2D eigenvalue weighted by Crippen LogP contribution is 2.45. The number of pyridine rings is 1. The molecule has 4 heterocycles. The van der Waals surface area contributed by atoms with Gasteiger partial charge in [-0.2, -0.15) is 4.39 Å². The molecule has 3 aromatic rings. The number of piperidine rings is 1. The Labute approximate surface area is 174 Å². The molecule has 2 aliphatic heterocycles. The molecule has 1 fully saturated rings. The number of hydrogen-bond donors (Lipinski definition) is 0. The molecule has 0 atom stereocenters. The summed E-state index contributed by atoms with van der Waals surface area (Å²) in [6, 6.07) is 11.4. The summed E-state index contributed by atoms with van der Waals surface area (Å²) in [7, 11) is 1.67. The van der Waals surface area contributed by atoms with Crippen molar-refractivity contribution in [2.24, 2.45) is 0 Å². The minimum absolute atomic E-state index is 0.122. The van der Waals surface area contributed by atoms with Crippen LogP contribution in [0.3, 0.4) is 0 Å². The second kappa shape index (κ2) is 7.09. The number of nitrogens with zero attached hydrogens (tertiary/aromatic N) is 3. The van der Waals surface area contributed by atoms with Gasteiger partial charge < -0.3 is 14.4 Å². The van der Waals surface area contributed by atoms with E-state index in [1.165, 1.54) is 9.96 Å². The molecule has 30 heavy (non-hydrogen) atoms. The maximum Gasteiger partial charge on any atom is 0.277 e. The van der Waals surface area contributed by atoms with Gasteiger partial charge in [0.05, 0.1) is 13.7 Å². The summed E-state index contributed by atoms with van der Waals surface area (Å²) >= 11 is 0. The monoisotopic (exact) mass is 409 g/mol. The Bertz CT molecular complexity index is 1120. The summed E-state index contributed by atoms with van der Waals surface area (Å²) in [6.07, 6.45) is 2.13. The standard InChI is InChI=1S/C23H24FN3O3/c1-15-5-3-8-18-25-20(21(24)27(15)18)22(28)26-12-10-23(11-13-26)19-16(9-14-30-23)6-4-7-17(19)29-2/h3-8H,9-14H2,1-2H3. The molecular weight excluding hydrogens is 385 g/mol. The van der Waals surface area contributed by atoms with Gasteiger partial charge in [0.15, 0.2) is 5.69 Å². The second-order valence-corrected chi connectivity index (χ2v) is 7.99. The van der Waals surface area contributed by atoms with Crippen LogP contribution < -0.4 is 4.74 Å². The van der Waals surface area contributed by atoms with Crippen LogP contribution in [0.25, 0.3) is 5.65 Å². The topological polar surface area (TPSA) is 56.1 Å². The number of carbonyl (C=O) groups is 1. The number of ether oxygens (including phenoxy) is 2. The molecule has 2 aliphatic rings. The molecule has 7 heteroatoms. The highest BCUT2D eigenvalue weighted by Gasteiger charge is 2.44. The number of imidazole rings is 1. The maximum atomic E-state index is 15.0. The molecule has 1 aromatic carbocycles. The van der Waals surface area contributed by atoms with Crippen LogP contribution in [0.15, 0.2) is 36.4 Å². The predicted octanol–water partition coefficient (Wildman–Crippen LogP) is 3.49. The van der Waals surface area contributed by atoms with E-state index in [1.807, 2.05) is 12.1 Å². The van der Waals surface area contributed by atoms with E-state index in [4.69, 9.17) is 9.47 Å². The van der Waals surface area contributed by atoms with E-state index in [-0.39, 0.29) is 11.6 Å². The molecule has 1 amide bonds. The van der Waals surface area contributed by atoms with Crippen LogP contribution in [-0.4, -0.2) is 47.0 Å². The number of likely N-dealkylation sites (tertiary alicyclic amines) is 1. The molecule has 0 N–H and O–H groups in total. The van der Waals surface area contributed by atoms with Crippen LogP contribution >= 0.6 is 0 Å². The lowest BCUT2D eigenvalue weighted by Gasteiger charge is -2.45. The Morgan fingerprint density at radius 2 is 1.97 bits per heavy atom. The summed E-state index contributed by atoms with van der Waals surface area (Å²) in [5.41, 5.74) is 2.89. The Morgan fingerprint density at radius 1 is 1.20 bits per heavy atom. The Morgan fingerprint density at radius 3 is 2.70 bits per heavy atom. The number of aromatic nitrogens is 2. The highest BCUT2D eigenvalue weighted by atomic mass is 19.1. The quantitative estimate of drug-likeness (QED) is 0.650. The van der Waals surface area contributed by atoms with Gasteiger partial charge in [0.25, 0.3) is 5.91 Å². The fourth-order valence-corrected chi connectivity index (χ4v) is 4.86. The Kier molecular flexibility index (Phi) is 4.50. The molecule has 0 saturated carbocycles. The lowest BCUT2D eigenvalue weighted by molar-refractivity contribution is -0.0947. The van der Waals surface area contributed by atoms with Crippen molar-refractivity contribution in [3.05, 3.63) is 64.9 Å². The van der Waals surface area contributed by atoms with E-state index in [9.17, 15) is 9.18 Å². The summed E-state index contributed by atoms with van der Waals surface area (Å²) < 4.78 is 28.2. The number of halogens is 1. The van der Waals surface area contributed by atoms with Crippen LogP contribution in [-0.2, 0) is 16.8 Å². The first-order valence-corrected chi connectivity index (χ1v) is 10.3. The number of methoxy groups -OCH3 is 1. The van der Waals surface area contributed by atoms with Gasteiger partial charge in [-0.15, -0.1) is 0 Å². The van der Waals surface area contributed by atoms with Crippen molar-refractivity contribution < 1.29 is 18.7 Å². The number of benzene rings is 1. The van der Waals surface area contributed by atoms with Gasteiger partial charge in [-0.1, -0.05) is 18.2 Å². The number of aryl methyl sites for hydroxylation is 1. The van der Waals surface area contributed by atoms with Crippen molar-refractivity contribution in [3.63, 3.8) is 0 Å². The SMILES string of the molecule is COc1cccc2c1C1(CCN(C(=O)c3nc4cccc(C)n4c3F)CC1)OCC2. The molecule has 0 aliphatic carbocycles. The van der Waals surface area contributed by atoms with Crippen molar-refractivity contribution in [2.75, 3.05) is 26.8 Å². The fraction of sp³-hybridized carbons (Fsp3) is 0.391. The normalized spacial score (nSPS) is 17.9. The molecule has 156 valence electrons. The van der Waals surface area contributed by atoms with E-state index in [0.717, 1.165) is 17.7 Å². The maximum absolute atomic E-state index is 15.0. The average Bonchev–Trinajstić information content (AvgIpc) is 3.11. The summed E-state index contributed by atoms with van der Waals surface area (Å²) in [4.78, 5) is 19.0. The van der Waals surface area contributed by atoms with E-state index in [2.05, 4.69) is 11.1 Å². The number of amides is 1. The van der Waals surface area contributed by atoms with Crippen LogP contribution in [0.4, 0.5) is 4.39 Å². The average molecular weight is 409 g/mol. The minimum atomic E-state index is -0.602. The van der Waals surface area contributed by atoms with Crippen LogP contribution in [0.1, 0.15) is 40.2 Å². The number of carbonyl (C=O) groups excluding carboxylic acids is 1. The molecule has 6 nitrogen and oxygen atoms in total. The van der Waals surface area contributed by atoms with E-state index >= 15 is 0 Å². The number of hydrogen-bond acceptors (Lipinski definition) is 4. The molecule has 0 unspecified atom stereocenters. The highest BCUT2D eigenvalue weighted by molar-refractivity contribution is 5.93. The van der Waals surface area contributed by atoms with Crippen LogP contribution in [0.5, 0.6) is 5.75 Å². The lowest BCUT2D eigenvalue weighted by Crippen LogP contribution is -2.48. The van der Waals surface area contributed by atoms with Crippen molar-refractivity contribution in [3.8, 4) is 5.75 Å². The van der Waals surface area contributed by atoms with Gasteiger partial charge in [0.2, 0.25) is 5.95 Å². The van der Waals surface area contributed by atoms with Gasteiger partial charge in [0, 0.05) is 24.3 Å². The van der Waals surface area contributed by atoms with E-state index < -0.39 is 11.5 Å². The third kappa shape index (κ3) is 2.80.